The largest absolute Gasteiger partial charge is 0.396 e. The van der Waals surface area contributed by atoms with Crippen molar-refractivity contribution in [2.45, 2.75) is 19.9 Å². The van der Waals surface area contributed by atoms with Crippen molar-refractivity contribution < 1.29 is 9.50 Å². The second kappa shape index (κ2) is 5.96. The summed E-state index contributed by atoms with van der Waals surface area (Å²) in [5.74, 6) is -0.349. The Kier molecular flexibility index (Phi) is 5.90. The summed E-state index contributed by atoms with van der Waals surface area (Å²) in [6.07, 6.45) is 0. The number of rotatable bonds is 3. The summed E-state index contributed by atoms with van der Waals surface area (Å²) in [5, 5.41) is 9.16. The van der Waals surface area contributed by atoms with E-state index in [0.29, 0.717) is 10.0 Å². The van der Waals surface area contributed by atoms with Gasteiger partial charge in [0.2, 0.25) is 0 Å². The Morgan fingerprint density at radius 2 is 2.06 bits per heavy atom. The number of hydrogen-bond acceptors (Lipinski definition) is 2. The van der Waals surface area contributed by atoms with Crippen molar-refractivity contribution in [1.82, 2.24) is 0 Å². The predicted molar refractivity (Wildman–Crippen MR) is 69.1 cm³/mol. The third kappa shape index (κ3) is 3.42. The van der Waals surface area contributed by atoms with Crippen LogP contribution in [0.4, 0.5) is 4.39 Å². The minimum absolute atomic E-state index is 0. The topological polar surface area (TPSA) is 46.2 Å². The van der Waals surface area contributed by atoms with Crippen molar-refractivity contribution in [1.29, 1.82) is 0 Å². The molecule has 0 aliphatic heterocycles. The quantitative estimate of drug-likeness (QED) is 0.901. The predicted octanol–water partition coefficient (Wildman–Crippen LogP) is 3.03. The molecule has 0 aliphatic rings. The van der Waals surface area contributed by atoms with Crippen molar-refractivity contribution in [3.63, 3.8) is 0 Å². The zero-order valence-corrected chi connectivity index (χ0v) is 11.6. The van der Waals surface area contributed by atoms with Crippen LogP contribution in [0.25, 0.3) is 0 Å². The SMILES string of the molecule is CC(C)(CO)[C@H](N)c1ccc(Br)cc1F.Cl. The number of aliphatic hydroxyl groups is 1. The molecule has 2 nitrogen and oxygen atoms in total. The van der Waals surface area contributed by atoms with Gasteiger partial charge in [0.05, 0.1) is 0 Å². The highest BCUT2D eigenvalue weighted by Gasteiger charge is 2.28. The molecule has 1 aromatic rings. The first-order valence-corrected chi connectivity index (χ1v) is 5.49. The lowest BCUT2D eigenvalue weighted by Crippen LogP contribution is -2.33. The van der Waals surface area contributed by atoms with Crippen LogP contribution in [-0.2, 0) is 0 Å². The number of nitrogens with two attached hydrogens (primary N) is 1. The highest BCUT2D eigenvalue weighted by atomic mass is 79.9. The number of halogens is 3. The van der Waals surface area contributed by atoms with Gasteiger partial charge in [-0.05, 0) is 12.1 Å². The van der Waals surface area contributed by atoms with Crippen LogP contribution in [0.1, 0.15) is 25.5 Å². The summed E-state index contributed by atoms with van der Waals surface area (Å²) in [6.45, 7) is 3.53. The zero-order valence-electron chi connectivity index (χ0n) is 9.21. The molecule has 5 heteroatoms. The Morgan fingerprint density at radius 1 is 1.50 bits per heavy atom. The molecule has 0 unspecified atom stereocenters. The molecule has 0 fully saturated rings. The first-order chi connectivity index (χ1) is 6.88. The molecule has 0 radical (unpaired) electrons. The van der Waals surface area contributed by atoms with E-state index in [2.05, 4.69) is 15.9 Å². The Labute approximate surface area is 110 Å². The number of benzene rings is 1. The van der Waals surface area contributed by atoms with Crippen molar-refractivity contribution >= 4 is 28.3 Å². The molecule has 0 saturated heterocycles. The van der Waals surface area contributed by atoms with Gasteiger partial charge in [-0.1, -0.05) is 35.8 Å². The molecule has 0 heterocycles. The molecule has 0 saturated carbocycles. The Balaban J connectivity index is 0.00000225. The van der Waals surface area contributed by atoms with Crippen molar-refractivity contribution in [2.24, 2.45) is 11.1 Å². The van der Waals surface area contributed by atoms with Gasteiger partial charge in [-0.2, -0.15) is 0 Å². The highest BCUT2D eigenvalue weighted by molar-refractivity contribution is 9.10. The minimum Gasteiger partial charge on any atom is -0.396 e. The number of aliphatic hydroxyl groups excluding tert-OH is 1. The molecule has 0 aliphatic carbocycles. The van der Waals surface area contributed by atoms with Gasteiger partial charge in [0, 0.05) is 28.1 Å². The van der Waals surface area contributed by atoms with E-state index in [-0.39, 0.29) is 24.8 Å². The van der Waals surface area contributed by atoms with E-state index in [1.807, 2.05) is 0 Å². The first kappa shape index (κ1) is 15.8. The lowest BCUT2D eigenvalue weighted by Gasteiger charge is -2.30. The lowest BCUT2D eigenvalue weighted by molar-refractivity contribution is 0.131. The van der Waals surface area contributed by atoms with Crippen molar-refractivity contribution in [3.8, 4) is 0 Å². The molecular weight excluding hydrogens is 296 g/mol. The van der Waals surface area contributed by atoms with Crippen LogP contribution in [0, 0.1) is 11.2 Å². The second-order valence-corrected chi connectivity index (χ2v) is 5.21. The summed E-state index contributed by atoms with van der Waals surface area (Å²) in [5.41, 5.74) is 5.81. The van der Waals surface area contributed by atoms with E-state index in [0.717, 1.165) is 0 Å². The van der Waals surface area contributed by atoms with E-state index in [1.165, 1.54) is 6.07 Å². The fourth-order valence-corrected chi connectivity index (χ4v) is 1.61. The van der Waals surface area contributed by atoms with Gasteiger partial charge in [0.1, 0.15) is 5.82 Å². The zero-order chi connectivity index (χ0) is 11.6. The number of hydrogen-bond donors (Lipinski definition) is 2. The summed E-state index contributed by atoms with van der Waals surface area (Å²) >= 11 is 3.18. The maximum Gasteiger partial charge on any atom is 0.129 e. The van der Waals surface area contributed by atoms with Crippen LogP contribution >= 0.6 is 28.3 Å². The first-order valence-electron chi connectivity index (χ1n) is 4.70. The van der Waals surface area contributed by atoms with Crippen LogP contribution in [-0.4, -0.2) is 11.7 Å². The maximum atomic E-state index is 13.6. The van der Waals surface area contributed by atoms with Gasteiger partial charge in [-0.25, -0.2) is 4.39 Å². The summed E-state index contributed by atoms with van der Waals surface area (Å²) < 4.78 is 14.3. The molecule has 0 spiro atoms. The summed E-state index contributed by atoms with van der Waals surface area (Å²) in [4.78, 5) is 0. The van der Waals surface area contributed by atoms with Gasteiger partial charge in [-0.15, -0.1) is 12.4 Å². The van der Waals surface area contributed by atoms with Crippen LogP contribution in [0.2, 0.25) is 0 Å². The fourth-order valence-electron chi connectivity index (χ4n) is 1.27. The molecule has 1 aromatic carbocycles. The maximum absolute atomic E-state index is 13.6. The highest BCUT2D eigenvalue weighted by Crippen LogP contribution is 2.32. The van der Waals surface area contributed by atoms with Crippen LogP contribution in [0.3, 0.4) is 0 Å². The third-order valence-corrected chi connectivity index (χ3v) is 3.04. The lowest BCUT2D eigenvalue weighted by atomic mass is 9.82. The molecule has 0 aromatic heterocycles. The Bertz CT molecular complexity index is 360. The van der Waals surface area contributed by atoms with E-state index in [4.69, 9.17) is 10.8 Å². The molecule has 0 bridgehead atoms. The van der Waals surface area contributed by atoms with E-state index in [9.17, 15) is 4.39 Å². The third-order valence-electron chi connectivity index (χ3n) is 2.55. The van der Waals surface area contributed by atoms with Crippen molar-refractivity contribution in [3.05, 3.63) is 34.1 Å². The molecule has 1 atom stereocenters. The average Bonchev–Trinajstić information content (AvgIpc) is 2.17. The Hall–Kier alpha value is -0.160. The van der Waals surface area contributed by atoms with Crippen molar-refractivity contribution in [2.75, 3.05) is 6.61 Å². The summed E-state index contributed by atoms with van der Waals surface area (Å²) in [6, 6.07) is 4.24. The molecular formula is C11H16BrClFNO. The normalized spacial score (nSPS) is 13.1. The van der Waals surface area contributed by atoms with E-state index in [1.54, 1.807) is 26.0 Å². The van der Waals surface area contributed by atoms with E-state index < -0.39 is 11.5 Å². The second-order valence-electron chi connectivity index (χ2n) is 4.29. The van der Waals surface area contributed by atoms with Gasteiger partial charge in [-0.3, -0.25) is 0 Å². The smallest absolute Gasteiger partial charge is 0.129 e. The average molecular weight is 313 g/mol. The molecule has 3 N–H and O–H groups in total. The van der Waals surface area contributed by atoms with Gasteiger partial charge in [0.25, 0.3) is 0 Å². The summed E-state index contributed by atoms with van der Waals surface area (Å²) in [7, 11) is 0. The minimum atomic E-state index is -0.533. The Morgan fingerprint density at radius 3 is 2.50 bits per heavy atom. The van der Waals surface area contributed by atoms with Gasteiger partial charge < -0.3 is 10.8 Å². The monoisotopic (exact) mass is 311 g/mol. The fraction of sp³-hybridized carbons (Fsp3) is 0.455. The molecule has 92 valence electrons. The van der Waals surface area contributed by atoms with Gasteiger partial charge in [0.15, 0.2) is 0 Å². The van der Waals surface area contributed by atoms with Crippen LogP contribution < -0.4 is 5.73 Å². The van der Waals surface area contributed by atoms with E-state index >= 15 is 0 Å². The molecule has 1 rings (SSSR count). The van der Waals surface area contributed by atoms with Crippen LogP contribution in [0.15, 0.2) is 22.7 Å². The molecule has 16 heavy (non-hydrogen) atoms. The van der Waals surface area contributed by atoms with Gasteiger partial charge >= 0.3 is 0 Å². The standard InChI is InChI=1S/C11H15BrFNO.ClH/c1-11(2,6-15)10(14)8-4-3-7(12)5-9(8)13;/h3-5,10,15H,6,14H2,1-2H3;1H/t10-;/m1./s1. The van der Waals surface area contributed by atoms with Crippen LogP contribution in [0.5, 0.6) is 0 Å². The molecule has 0 amide bonds.